The van der Waals surface area contributed by atoms with Gasteiger partial charge in [-0.05, 0) is 56.5 Å². The molecule has 3 rings (SSSR count). The van der Waals surface area contributed by atoms with E-state index in [1.165, 1.54) is 25.7 Å². The number of amides is 1. The van der Waals surface area contributed by atoms with E-state index in [9.17, 15) is 4.79 Å². The third kappa shape index (κ3) is 4.31. The molecular formula is C18H26N2O2. The first-order valence-electron chi connectivity index (χ1n) is 8.53. The molecule has 1 saturated carbocycles. The Morgan fingerprint density at radius 3 is 2.73 bits per heavy atom. The van der Waals surface area contributed by atoms with Crippen LogP contribution in [0.1, 0.15) is 44.1 Å². The minimum atomic E-state index is 0.139. The lowest BCUT2D eigenvalue weighted by atomic mass is 9.97. The van der Waals surface area contributed by atoms with Crippen molar-refractivity contribution in [1.29, 1.82) is 0 Å². The number of piperidine rings is 1. The Labute approximate surface area is 132 Å². The molecule has 4 nitrogen and oxygen atoms in total. The van der Waals surface area contributed by atoms with Gasteiger partial charge in [-0.1, -0.05) is 25.0 Å². The van der Waals surface area contributed by atoms with Gasteiger partial charge in [0.2, 0.25) is 5.91 Å². The Bertz CT molecular complexity index is 492. The van der Waals surface area contributed by atoms with E-state index in [0.29, 0.717) is 12.7 Å². The lowest BCUT2D eigenvalue weighted by molar-refractivity contribution is -0.120. The molecule has 120 valence electrons. The van der Waals surface area contributed by atoms with Gasteiger partial charge in [0.05, 0.1) is 12.7 Å². The van der Waals surface area contributed by atoms with Gasteiger partial charge in [-0.25, -0.2) is 0 Å². The van der Waals surface area contributed by atoms with E-state index in [0.717, 1.165) is 37.2 Å². The zero-order valence-electron chi connectivity index (χ0n) is 13.1. The van der Waals surface area contributed by atoms with Crippen molar-refractivity contribution < 1.29 is 9.53 Å². The van der Waals surface area contributed by atoms with Crippen LogP contribution in [0.2, 0.25) is 0 Å². The zero-order valence-corrected chi connectivity index (χ0v) is 13.1. The lowest BCUT2D eigenvalue weighted by Gasteiger charge is -2.22. The molecule has 2 aliphatic rings. The second-order valence-electron chi connectivity index (χ2n) is 6.43. The van der Waals surface area contributed by atoms with Crippen molar-refractivity contribution in [3.05, 3.63) is 29.8 Å². The Hall–Kier alpha value is -1.39. The molecule has 2 fully saturated rings. The van der Waals surface area contributed by atoms with Crippen molar-refractivity contribution in [1.82, 2.24) is 5.32 Å². The van der Waals surface area contributed by atoms with Crippen LogP contribution in [0.15, 0.2) is 24.3 Å². The minimum absolute atomic E-state index is 0.139. The monoisotopic (exact) mass is 302 g/mol. The molecule has 0 atom stereocenters. The molecule has 1 saturated heterocycles. The highest BCUT2D eigenvalue weighted by Gasteiger charge is 2.21. The van der Waals surface area contributed by atoms with Gasteiger partial charge in [0.1, 0.15) is 0 Å². The third-order valence-electron chi connectivity index (χ3n) is 4.69. The highest BCUT2D eigenvalue weighted by atomic mass is 16.5. The van der Waals surface area contributed by atoms with Crippen LogP contribution < -0.4 is 10.6 Å². The van der Waals surface area contributed by atoms with Crippen LogP contribution in [-0.2, 0) is 16.1 Å². The van der Waals surface area contributed by atoms with Crippen LogP contribution in [0.3, 0.4) is 0 Å². The Kier molecular flexibility index (Phi) is 5.46. The van der Waals surface area contributed by atoms with Crippen LogP contribution in [0.5, 0.6) is 0 Å². The summed E-state index contributed by atoms with van der Waals surface area (Å²) in [5.41, 5.74) is 2.02. The fourth-order valence-corrected chi connectivity index (χ4v) is 3.34. The number of nitrogens with one attached hydrogen (secondary N) is 2. The quantitative estimate of drug-likeness (QED) is 0.879. The van der Waals surface area contributed by atoms with Crippen LogP contribution in [0.4, 0.5) is 5.69 Å². The summed E-state index contributed by atoms with van der Waals surface area (Å²) < 4.78 is 5.94. The first-order chi connectivity index (χ1) is 10.8. The molecule has 0 bridgehead atoms. The van der Waals surface area contributed by atoms with Gasteiger partial charge in [0.15, 0.2) is 0 Å². The molecule has 1 amide bonds. The Balaban J connectivity index is 1.52. The molecular weight excluding hydrogens is 276 g/mol. The van der Waals surface area contributed by atoms with Crippen molar-refractivity contribution in [3.8, 4) is 0 Å². The highest BCUT2D eigenvalue weighted by Crippen LogP contribution is 2.23. The van der Waals surface area contributed by atoms with Crippen LogP contribution >= 0.6 is 0 Å². The first-order valence-corrected chi connectivity index (χ1v) is 8.53. The molecule has 1 heterocycles. The highest BCUT2D eigenvalue weighted by molar-refractivity contribution is 5.92. The van der Waals surface area contributed by atoms with E-state index >= 15 is 0 Å². The standard InChI is InChI=1S/C18H26N2O2/c21-18(15-8-10-19-11-9-15)20-16-5-3-4-14(12-16)13-22-17-6-1-2-7-17/h3-5,12,15,17,19H,1-2,6-11,13H2,(H,20,21). The first kappa shape index (κ1) is 15.5. The number of hydrogen-bond donors (Lipinski definition) is 2. The van der Waals surface area contributed by atoms with Gasteiger partial charge in [0, 0.05) is 11.6 Å². The number of carbonyl (C=O) groups is 1. The molecule has 0 unspecified atom stereocenters. The summed E-state index contributed by atoms with van der Waals surface area (Å²) >= 11 is 0. The van der Waals surface area contributed by atoms with Gasteiger partial charge >= 0.3 is 0 Å². The molecule has 1 aliphatic heterocycles. The predicted molar refractivity (Wildman–Crippen MR) is 87.7 cm³/mol. The number of hydrogen-bond acceptors (Lipinski definition) is 3. The van der Waals surface area contributed by atoms with E-state index in [1.807, 2.05) is 18.2 Å². The van der Waals surface area contributed by atoms with Crippen molar-refractivity contribution in [2.75, 3.05) is 18.4 Å². The van der Waals surface area contributed by atoms with Gasteiger partial charge in [-0.3, -0.25) is 4.79 Å². The largest absolute Gasteiger partial charge is 0.374 e. The molecule has 2 N–H and O–H groups in total. The molecule has 4 heteroatoms. The summed E-state index contributed by atoms with van der Waals surface area (Å²) in [5, 5.41) is 6.35. The summed E-state index contributed by atoms with van der Waals surface area (Å²) in [7, 11) is 0. The summed E-state index contributed by atoms with van der Waals surface area (Å²) in [4.78, 5) is 12.3. The maximum Gasteiger partial charge on any atom is 0.227 e. The molecule has 1 aromatic rings. The SMILES string of the molecule is O=C(Nc1cccc(COC2CCCC2)c1)C1CCNCC1. The summed E-state index contributed by atoms with van der Waals surface area (Å²) in [6.07, 6.45) is 7.23. The number of ether oxygens (including phenoxy) is 1. The topological polar surface area (TPSA) is 50.4 Å². The van der Waals surface area contributed by atoms with Crippen molar-refractivity contribution >= 4 is 11.6 Å². The second-order valence-corrected chi connectivity index (χ2v) is 6.43. The van der Waals surface area contributed by atoms with Crippen LogP contribution in [0, 0.1) is 5.92 Å². The summed E-state index contributed by atoms with van der Waals surface area (Å²) in [5.74, 6) is 0.287. The molecule has 1 aromatic carbocycles. The molecule has 0 radical (unpaired) electrons. The average Bonchev–Trinajstić information content (AvgIpc) is 3.08. The van der Waals surface area contributed by atoms with Crippen LogP contribution in [-0.4, -0.2) is 25.1 Å². The van der Waals surface area contributed by atoms with E-state index in [4.69, 9.17) is 4.74 Å². The zero-order chi connectivity index (χ0) is 15.2. The van der Waals surface area contributed by atoms with Crippen molar-refractivity contribution in [2.24, 2.45) is 5.92 Å². The second kappa shape index (κ2) is 7.75. The fourth-order valence-electron chi connectivity index (χ4n) is 3.34. The smallest absolute Gasteiger partial charge is 0.227 e. The number of anilines is 1. The summed E-state index contributed by atoms with van der Waals surface area (Å²) in [6.45, 7) is 2.52. The molecule has 0 aromatic heterocycles. The summed E-state index contributed by atoms with van der Waals surface area (Å²) in [6, 6.07) is 8.05. The Morgan fingerprint density at radius 2 is 1.95 bits per heavy atom. The normalized spacial score (nSPS) is 20.2. The number of rotatable bonds is 5. The predicted octanol–water partition coefficient (Wildman–Crippen LogP) is 3.08. The average molecular weight is 302 g/mol. The maximum absolute atomic E-state index is 12.3. The van der Waals surface area contributed by atoms with E-state index < -0.39 is 0 Å². The van der Waals surface area contributed by atoms with Gasteiger partial charge in [-0.15, -0.1) is 0 Å². The van der Waals surface area contributed by atoms with Gasteiger partial charge in [-0.2, -0.15) is 0 Å². The van der Waals surface area contributed by atoms with Gasteiger partial charge < -0.3 is 15.4 Å². The fraction of sp³-hybridized carbons (Fsp3) is 0.611. The van der Waals surface area contributed by atoms with Crippen molar-refractivity contribution in [3.63, 3.8) is 0 Å². The van der Waals surface area contributed by atoms with E-state index in [2.05, 4.69) is 16.7 Å². The molecule has 0 spiro atoms. The molecule has 1 aliphatic carbocycles. The maximum atomic E-state index is 12.3. The van der Waals surface area contributed by atoms with Gasteiger partial charge in [0.25, 0.3) is 0 Å². The Morgan fingerprint density at radius 1 is 1.18 bits per heavy atom. The number of carbonyl (C=O) groups excluding carboxylic acids is 1. The number of benzene rings is 1. The third-order valence-corrected chi connectivity index (χ3v) is 4.69. The van der Waals surface area contributed by atoms with Crippen molar-refractivity contribution in [2.45, 2.75) is 51.2 Å². The lowest BCUT2D eigenvalue weighted by Crippen LogP contribution is -2.34. The van der Waals surface area contributed by atoms with E-state index in [-0.39, 0.29) is 11.8 Å². The molecule has 22 heavy (non-hydrogen) atoms. The minimum Gasteiger partial charge on any atom is -0.374 e. The van der Waals surface area contributed by atoms with E-state index in [1.54, 1.807) is 0 Å². The van der Waals surface area contributed by atoms with Crippen LogP contribution in [0.25, 0.3) is 0 Å².